The highest BCUT2D eigenvalue weighted by Crippen LogP contribution is 2.30. The molecule has 4 heteroatoms. The Balaban J connectivity index is 1.76. The van der Waals surface area contributed by atoms with Gasteiger partial charge < -0.3 is 9.84 Å². The second-order valence-corrected chi connectivity index (χ2v) is 6.14. The van der Waals surface area contributed by atoms with Gasteiger partial charge in [0.25, 0.3) is 0 Å². The van der Waals surface area contributed by atoms with E-state index in [1.807, 2.05) is 12.1 Å². The minimum absolute atomic E-state index is 0.260. The summed E-state index contributed by atoms with van der Waals surface area (Å²) in [5.41, 5.74) is 2.42. The van der Waals surface area contributed by atoms with Crippen molar-refractivity contribution in [2.45, 2.75) is 18.9 Å². The SMILES string of the molecule is OC[C@@H]1CCCN1CC1=Cc2cc(Br)ccc2OC1. The van der Waals surface area contributed by atoms with Crippen LogP contribution in [0.5, 0.6) is 5.75 Å². The Bertz CT molecular complexity index is 501. The number of hydrogen-bond acceptors (Lipinski definition) is 3. The van der Waals surface area contributed by atoms with Crippen molar-refractivity contribution in [2.24, 2.45) is 0 Å². The third-order valence-electron chi connectivity index (χ3n) is 3.86. The van der Waals surface area contributed by atoms with Gasteiger partial charge in [0.1, 0.15) is 12.4 Å². The summed E-state index contributed by atoms with van der Waals surface area (Å²) in [6.07, 6.45) is 4.50. The number of ether oxygens (including phenoxy) is 1. The Kier molecular flexibility index (Phi) is 3.91. The molecule has 2 aliphatic rings. The van der Waals surface area contributed by atoms with Crippen molar-refractivity contribution >= 4 is 22.0 Å². The van der Waals surface area contributed by atoms with Crippen molar-refractivity contribution in [2.75, 3.05) is 26.3 Å². The molecule has 1 aromatic carbocycles. The molecule has 0 radical (unpaired) electrons. The third kappa shape index (κ3) is 2.86. The summed E-state index contributed by atoms with van der Waals surface area (Å²) in [6, 6.07) is 6.41. The van der Waals surface area contributed by atoms with E-state index >= 15 is 0 Å². The van der Waals surface area contributed by atoms with E-state index in [4.69, 9.17) is 4.74 Å². The average Bonchev–Trinajstić information content (AvgIpc) is 2.85. The van der Waals surface area contributed by atoms with Crippen molar-refractivity contribution in [3.63, 3.8) is 0 Å². The largest absolute Gasteiger partial charge is 0.489 e. The van der Waals surface area contributed by atoms with Crippen LogP contribution in [-0.4, -0.2) is 42.4 Å². The van der Waals surface area contributed by atoms with Gasteiger partial charge in [-0.3, -0.25) is 4.90 Å². The van der Waals surface area contributed by atoms with Gasteiger partial charge in [-0.25, -0.2) is 0 Å². The molecule has 3 nitrogen and oxygen atoms in total. The van der Waals surface area contributed by atoms with Gasteiger partial charge in [0.15, 0.2) is 0 Å². The molecule has 0 bridgehead atoms. The summed E-state index contributed by atoms with van der Waals surface area (Å²) in [6.45, 7) is 2.89. The molecule has 2 aliphatic heterocycles. The average molecular weight is 324 g/mol. The first kappa shape index (κ1) is 13.2. The number of aliphatic hydroxyl groups excluding tert-OH is 1. The number of nitrogens with zero attached hydrogens (tertiary/aromatic N) is 1. The highest BCUT2D eigenvalue weighted by Gasteiger charge is 2.25. The van der Waals surface area contributed by atoms with Crippen molar-refractivity contribution < 1.29 is 9.84 Å². The van der Waals surface area contributed by atoms with Gasteiger partial charge in [-0.1, -0.05) is 15.9 Å². The highest BCUT2D eigenvalue weighted by molar-refractivity contribution is 9.10. The molecule has 1 N–H and O–H groups in total. The third-order valence-corrected chi connectivity index (χ3v) is 4.35. The van der Waals surface area contributed by atoms with Crippen LogP contribution in [0.15, 0.2) is 28.2 Å². The number of benzene rings is 1. The van der Waals surface area contributed by atoms with E-state index in [1.165, 1.54) is 12.0 Å². The Labute approximate surface area is 122 Å². The molecule has 0 aliphatic carbocycles. The summed E-state index contributed by atoms with van der Waals surface area (Å²) < 4.78 is 6.86. The first-order valence-corrected chi connectivity index (χ1v) is 7.52. The zero-order chi connectivity index (χ0) is 13.2. The number of aliphatic hydroxyl groups is 1. The number of hydrogen-bond donors (Lipinski definition) is 1. The van der Waals surface area contributed by atoms with Gasteiger partial charge in [-0.2, -0.15) is 0 Å². The maximum atomic E-state index is 9.36. The molecular formula is C15H18BrNO2. The van der Waals surface area contributed by atoms with Crippen LogP contribution in [0.2, 0.25) is 0 Å². The molecule has 1 fully saturated rings. The van der Waals surface area contributed by atoms with Crippen LogP contribution in [0.4, 0.5) is 0 Å². The van der Waals surface area contributed by atoms with Crippen LogP contribution in [0.1, 0.15) is 18.4 Å². The fourth-order valence-corrected chi connectivity index (χ4v) is 3.24. The normalized spacial score (nSPS) is 22.8. The first-order chi connectivity index (χ1) is 9.26. The molecule has 0 spiro atoms. The second-order valence-electron chi connectivity index (χ2n) is 5.22. The van der Waals surface area contributed by atoms with Gasteiger partial charge in [0.05, 0.1) is 6.61 Å². The first-order valence-electron chi connectivity index (χ1n) is 6.73. The van der Waals surface area contributed by atoms with Crippen LogP contribution in [0, 0.1) is 0 Å². The van der Waals surface area contributed by atoms with Crippen molar-refractivity contribution in [3.05, 3.63) is 33.8 Å². The summed E-state index contributed by atoms with van der Waals surface area (Å²) in [4.78, 5) is 2.36. The van der Waals surface area contributed by atoms with E-state index < -0.39 is 0 Å². The fraction of sp³-hybridized carbons (Fsp3) is 0.467. The second kappa shape index (κ2) is 5.65. The van der Waals surface area contributed by atoms with Gasteiger partial charge >= 0.3 is 0 Å². The molecule has 3 rings (SSSR count). The molecule has 1 atom stereocenters. The molecular weight excluding hydrogens is 306 g/mol. The fourth-order valence-electron chi connectivity index (χ4n) is 2.86. The summed E-state index contributed by atoms with van der Waals surface area (Å²) in [7, 11) is 0. The minimum Gasteiger partial charge on any atom is -0.489 e. The molecule has 1 aromatic rings. The Morgan fingerprint density at radius 3 is 3.16 bits per heavy atom. The van der Waals surface area contributed by atoms with Gasteiger partial charge in [-0.05, 0) is 49.2 Å². The zero-order valence-corrected chi connectivity index (χ0v) is 12.4. The van der Waals surface area contributed by atoms with E-state index in [1.54, 1.807) is 0 Å². The lowest BCUT2D eigenvalue weighted by molar-refractivity contribution is 0.164. The van der Waals surface area contributed by atoms with Crippen LogP contribution < -0.4 is 4.74 Å². The lowest BCUT2D eigenvalue weighted by Gasteiger charge is -2.26. The van der Waals surface area contributed by atoms with Crippen LogP contribution in [0.25, 0.3) is 6.08 Å². The lowest BCUT2D eigenvalue weighted by atomic mass is 10.1. The van der Waals surface area contributed by atoms with Gasteiger partial charge in [0, 0.05) is 22.6 Å². The molecule has 1 saturated heterocycles. The zero-order valence-electron chi connectivity index (χ0n) is 10.8. The Morgan fingerprint density at radius 2 is 2.32 bits per heavy atom. The molecule has 0 saturated carbocycles. The quantitative estimate of drug-likeness (QED) is 0.928. The molecule has 19 heavy (non-hydrogen) atoms. The summed E-state index contributed by atoms with van der Waals surface area (Å²) >= 11 is 3.49. The van der Waals surface area contributed by atoms with E-state index in [0.29, 0.717) is 12.6 Å². The number of halogens is 1. The van der Waals surface area contributed by atoms with Crippen molar-refractivity contribution in [3.8, 4) is 5.75 Å². The van der Waals surface area contributed by atoms with Crippen molar-refractivity contribution in [1.29, 1.82) is 0 Å². The monoisotopic (exact) mass is 323 g/mol. The van der Waals surface area contributed by atoms with Crippen LogP contribution >= 0.6 is 15.9 Å². The molecule has 0 amide bonds. The van der Waals surface area contributed by atoms with E-state index in [-0.39, 0.29) is 6.61 Å². The minimum atomic E-state index is 0.260. The van der Waals surface area contributed by atoms with E-state index in [0.717, 1.165) is 35.3 Å². The molecule has 102 valence electrons. The molecule has 0 aromatic heterocycles. The lowest BCUT2D eigenvalue weighted by Crippen LogP contribution is -2.35. The van der Waals surface area contributed by atoms with Crippen LogP contribution in [0.3, 0.4) is 0 Å². The Morgan fingerprint density at radius 1 is 1.42 bits per heavy atom. The maximum absolute atomic E-state index is 9.36. The van der Waals surface area contributed by atoms with Gasteiger partial charge in [-0.15, -0.1) is 0 Å². The van der Waals surface area contributed by atoms with Crippen LogP contribution in [-0.2, 0) is 0 Å². The molecule has 2 heterocycles. The van der Waals surface area contributed by atoms with E-state index in [9.17, 15) is 5.11 Å². The maximum Gasteiger partial charge on any atom is 0.127 e. The predicted octanol–water partition coefficient (Wildman–Crippen LogP) is 2.68. The topological polar surface area (TPSA) is 32.7 Å². The number of rotatable bonds is 3. The number of likely N-dealkylation sites (tertiary alicyclic amines) is 1. The van der Waals surface area contributed by atoms with Gasteiger partial charge in [0.2, 0.25) is 0 Å². The van der Waals surface area contributed by atoms with E-state index in [2.05, 4.69) is 33.0 Å². The Hall–Kier alpha value is -0.840. The summed E-state index contributed by atoms with van der Waals surface area (Å²) in [5, 5.41) is 9.36. The molecule has 0 unspecified atom stereocenters. The standard InChI is InChI=1S/C15H18BrNO2/c16-13-3-4-15-12(7-13)6-11(10-19-15)8-17-5-1-2-14(17)9-18/h3-4,6-7,14,18H,1-2,5,8-10H2/t14-/m0/s1. The highest BCUT2D eigenvalue weighted by atomic mass is 79.9. The number of fused-ring (bicyclic) bond motifs is 1. The smallest absolute Gasteiger partial charge is 0.127 e. The summed E-state index contributed by atoms with van der Waals surface area (Å²) in [5.74, 6) is 0.951. The predicted molar refractivity (Wildman–Crippen MR) is 79.3 cm³/mol. The van der Waals surface area contributed by atoms with Crippen molar-refractivity contribution in [1.82, 2.24) is 4.90 Å².